The number of aromatic nitrogens is 2. The fraction of sp³-hybridized carbons (Fsp3) is 0.571. The number of rotatable bonds is 7. The van der Waals surface area contributed by atoms with Crippen molar-refractivity contribution in [3.8, 4) is 0 Å². The predicted molar refractivity (Wildman–Crippen MR) is 77.1 cm³/mol. The first kappa shape index (κ1) is 16.9. The summed E-state index contributed by atoms with van der Waals surface area (Å²) in [5, 5.41) is 15.3. The topological polar surface area (TPSA) is 101 Å². The maximum Gasteiger partial charge on any atom is 0.303 e. The molecule has 0 fully saturated rings. The summed E-state index contributed by atoms with van der Waals surface area (Å²) in [5.41, 5.74) is -0.260. The lowest BCUT2D eigenvalue weighted by Gasteiger charge is -2.23. The third-order valence-electron chi connectivity index (χ3n) is 3.30. The minimum atomic E-state index is -0.818. The van der Waals surface area contributed by atoms with Gasteiger partial charge in [-0.15, -0.1) is 0 Å². The average Bonchev–Trinajstić information content (AvgIpc) is 2.39. The first-order valence-corrected chi connectivity index (χ1v) is 6.76. The standard InChI is InChI=1S/C14H21N3O4/c1-14(2,7-6-12(19)20)8-9-15-13(21)10-4-5-11(18)17(3)16-10/h4-5H,6-9H2,1-3H3,(H,15,21)(H,19,20). The Labute approximate surface area is 123 Å². The summed E-state index contributed by atoms with van der Waals surface area (Å²) >= 11 is 0. The minimum absolute atomic E-state index is 0.114. The molecule has 1 aromatic rings. The lowest BCUT2D eigenvalue weighted by molar-refractivity contribution is -0.137. The van der Waals surface area contributed by atoms with E-state index in [1.165, 1.54) is 19.2 Å². The maximum atomic E-state index is 11.9. The van der Waals surface area contributed by atoms with Crippen molar-refractivity contribution in [3.05, 3.63) is 28.2 Å². The quantitative estimate of drug-likeness (QED) is 0.774. The molecule has 2 N–H and O–H groups in total. The van der Waals surface area contributed by atoms with Gasteiger partial charge in [-0.3, -0.25) is 14.4 Å². The lowest BCUT2D eigenvalue weighted by atomic mass is 9.84. The van der Waals surface area contributed by atoms with Gasteiger partial charge < -0.3 is 10.4 Å². The molecule has 0 atom stereocenters. The zero-order valence-electron chi connectivity index (χ0n) is 12.5. The number of amides is 1. The summed E-state index contributed by atoms with van der Waals surface area (Å²) in [6.07, 6.45) is 1.33. The molecule has 116 valence electrons. The maximum absolute atomic E-state index is 11.9. The van der Waals surface area contributed by atoms with Crippen LogP contribution in [-0.2, 0) is 11.8 Å². The van der Waals surface area contributed by atoms with Crippen LogP contribution in [0, 0.1) is 5.41 Å². The minimum Gasteiger partial charge on any atom is -0.481 e. The van der Waals surface area contributed by atoms with E-state index < -0.39 is 5.97 Å². The van der Waals surface area contributed by atoms with Gasteiger partial charge in [0.05, 0.1) is 0 Å². The van der Waals surface area contributed by atoms with E-state index in [-0.39, 0.29) is 29.0 Å². The molecule has 0 aliphatic carbocycles. The van der Waals surface area contributed by atoms with Crippen molar-refractivity contribution in [1.82, 2.24) is 15.1 Å². The van der Waals surface area contributed by atoms with Gasteiger partial charge in [-0.2, -0.15) is 5.10 Å². The second-order valence-electron chi connectivity index (χ2n) is 5.74. The molecule has 1 amide bonds. The van der Waals surface area contributed by atoms with E-state index >= 15 is 0 Å². The van der Waals surface area contributed by atoms with Crippen LogP contribution in [0.5, 0.6) is 0 Å². The highest BCUT2D eigenvalue weighted by atomic mass is 16.4. The van der Waals surface area contributed by atoms with Crippen LogP contribution in [0.15, 0.2) is 16.9 Å². The second kappa shape index (κ2) is 7.01. The van der Waals surface area contributed by atoms with Crippen LogP contribution in [-0.4, -0.2) is 33.3 Å². The van der Waals surface area contributed by atoms with Crippen LogP contribution in [0.25, 0.3) is 0 Å². The smallest absolute Gasteiger partial charge is 0.303 e. The Balaban J connectivity index is 2.47. The van der Waals surface area contributed by atoms with Gasteiger partial charge in [0.1, 0.15) is 5.69 Å². The van der Waals surface area contributed by atoms with Crippen molar-refractivity contribution in [2.24, 2.45) is 12.5 Å². The number of carboxylic acid groups (broad SMARTS) is 1. The summed E-state index contributed by atoms with van der Waals surface area (Å²) in [5.74, 6) is -1.17. The Hall–Kier alpha value is -2.18. The normalized spacial score (nSPS) is 11.2. The number of aryl methyl sites for hydroxylation is 1. The number of carbonyl (C=O) groups is 2. The molecule has 0 radical (unpaired) electrons. The number of aliphatic carboxylic acids is 1. The molecule has 0 saturated heterocycles. The molecule has 1 heterocycles. The Morgan fingerprint density at radius 2 is 2.00 bits per heavy atom. The van der Waals surface area contributed by atoms with Crippen LogP contribution in [0.1, 0.15) is 43.6 Å². The molecule has 7 nitrogen and oxygen atoms in total. The van der Waals surface area contributed by atoms with E-state index in [0.717, 1.165) is 4.68 Å². The van der Waals surface area contributed by atoms with Crippen molar-refractivity contribution in [2.75, 3.05) is 6.54 Å². The summed E-state index contributed by atoms with van der Waals surface area (Å²) in [6.45, 7) is 4.36. The van der Waals surface area contributed by atoms with Crippen molar-refractivity contribution in [2.45, 2.75) is 33.1 Å². The number of nitrogens with zero attached hydrogens (tertiary/aromatic N) is 2. The van der Waals surface area contributed by atoms with Crippen molar-refractivity contribution in [3.63, 3.8) is 0 Å². The number of hydrogen-bond acceptors (Lipinski definition) is 4. The molecule has 0 aliphatic heterocycles. The van der Waals surface area contributed by atoms with Gasteiger partial charge in [0.15, 0.2) is 0 Å². The van der Waals surface area contributed by atoms with Crippen molar-refractivity contribution >= 4 is 11.9 Å². The molecule has 0 saturated carbocycles. The highest BCUT2D eigenvalue weighted by Crippen LogP contribution is 2.25. The predicted octanol–water partition coefficient (Wildman–Crippen LogP) is 0.791. The molecule has 0 bridgehead atoms. The molecule has 1 aromatic heterocycles. The van der Waals surface area contributed by atoms with Gasteiger partial charge >= 0.3 is 5.97 Å². The molecule has 0 aliphatic rings. The molecular formula is C14H21N3O4. The van der Waals surface area contributed by atoms with Gasteiger partial charge in [-0.1, -0.05) is 13.8 Å². The Bertz CT molecular complexity index is 578. The van der Waals surface area contributed by atoms with Gasteiger partial charge in [-0.25, -0.2) is 4.68 Å². The molecule has 0 unspecified atom stereocenters. The summed E-state index contributed by atoms with van der Waals surface area (Å²) in [4.78, 5) is 33.6. The zero-order chi connectivity index (χ0) is 16.0. The zero-order valence-corrected chi connectivity index (χ0v) is 12.5. The highest BCUT2D eigenvalue weighted by Gasteiger charge is 2.19. The van der Waals surface area contributed by atoms with E-state index in [1.54, 1.807) is 0 Å². The highest BCUT2D eigenvalue weighted by molar-refractivity contribution is 5.91. The van der Waals surface area contributed by atoms with Crippen molar-refractivity contribution < 1.29 is 14.7 Å². The Morgan fingerprint density at radius 3 is 2.57 bits per heavy atom. The average molecular weight is 295 g/mol. The number of carbonyl (C=O) groups excluding carboxylic acids is 1. The molecular weight excluding hydrogens is 274 g/mol. The largest absolute Gasteiger partial charge is 0.481 e. The molecule has 21 heavy (non-hydrogen) atoms. The molecule has 0 spiro atoms. The van der Waals surface area contributed by atoms with Crippen LogP contribution < -0.4 is 10.9 Å². The van der Waals surface area contributed by atoms with Crippen LogP contribution >= 0.6 is 0 Å². The van der Waals surface area contributed by atoms with Crippen LogP contribution in [0.3, 0.4) is 0 Å². The first-order valence-electron chi connectivity index (χ1n) is 6.76. The van der Waals surface area contributed by atoms with E-state index in [9.17, 15) is 14.4 Å². The molecule has 1 rings (SSSR count). The second-order valence-corrected chi connectivity index (χ2v) is 5.74. The lowest BCUT2D eigenvalue weighted by Crippen LogP contribution is -2.31. The SMILES string of the molecule is Cn1nc(C(=O)NCCC(C)(C)CCC(=O)O)ccc1=O. The molecule has 7 heteroatoms. The monoisotopic (exact) mass is 295 g/mol. The molecule has 0 aromatic carbocycles. The third-order valence-corrected chi connectivity index (χ3v) is 3.30. The van der Waals surface area contributed by atoms with Crippen LogP contribution in [0.2, 0.25) is 0 Å². The summed E-state index contributed by atoms with van der Waals surface area (Å²) in [6, 6.07) is 2.67. The van der Waals surface area contributed by atoms with E-state index in [0.29, 0.717) is 19.4 Å². The first-order chi connectivity index (χ1) is 9.71. The van der Waals surface area contributed by atoms with E-state index in [1.807, 2.05) is 13.8 Å². The Morgan fingerprint density at radius 1 is 1.33 bits per heavy atom. The fourth-order valence-corrected chi connectivity index (χ4v) is 1.80. The van der Waals surface area contributed by atoms with Crippen LogP contribution in [0.4, 0.5) is 0 Å². The number of carboxylic acids is 1. The summed E-state index contributed by atoms with van der Waals surface area (Å²) in [7, 11) is 1.48. The number of nitrogens with one attached hydrogen (secondary N) is 1. The number of hydrogen-bond donors (Lipinski definition) is 2. The van der Waals surface area contributed by atoms with Crippen molar-refractivity contribution in [1.29, 1.82) is 0 Å². The van der Waals surface area contributed by atoms with Gasteiger partial charge in [0.2, 0.25) is 0 Å². The third kappa shape index (κ3) is 5.76. The van der Waals surface area contributed by atoms with Gasteiger partial charge in [0, 0.05) is 26.1 Å². The van der Waals surface area contributed by atoms with E-state index in [2.05, 4.69) is 10.4 Å². The van der Waals surface area contributed by atoms with E-state index in [4.69, 9.17) is 5.11 Å². The summed E-state index contributed by atoms with van der Waals surface area (Å²) < 4.78 is 1.10. The van der Waals surface area contributed by atoms with Gasteiger partial charge in [-0.05, 0) is 24.3 Å². The Kier molecular flexibility index (Phi) is 5.63. The van der Waals surface area contributed by atoms with Gasteiger partial charge in [0.25, 0.3) is 11.5 Å². The fourth-order valence-electron chi connectivity index (χ4n) is 1.80.